The molecule has 1 amide bonds. The highest BCUT2D eigenvalue weighted by atomic mass is 35.5. The SMILES string of the molecule is COc1cc(Cl)ccc1C(=O)NCC(c1cccc(Cl)c1)N1CCOCC1. The van der Waals surface area contributed by atoms with Gasteiger partial charge in [-0.15, -0.1) is 0 Å². The third-order valence-corrected chi connectivity index (χ3v) is 5.05. The third kappa shape index (κ3) is 5.14. The molecule has 27 heavy (non-hydrogen) atoms. The normalized spacial score (nSPS) is 16.0. The zero-order valence-corrected chi connectivity index (χ0v) is 16.6. The van der Waals surface area contributed by atoms with E-state index in [0.717, 1.165) is 18.7 Å². The highest BCUT2D eigenvalue weighted by Gasteiger charge is 2.24. The zero-order chi connectivity index (χ0) is 19.2. The lowest BCUT2D eigenvalue weighted by Gasteiger charge is -2.35. The Labute approximate surface area is 169 Å². The van der Waals surface area contributed by atoms with Crippen molar-refractivity contribution in [1.29, 1.82) is 0 Å². The number of halogens is 2. The minimum atomic E-state index is -0.205. The molecule has 1 saturated heterocycles. The van der Waals surface area contributed by atoms with Crippen molar-refractivity contribution in [3.63, 3.8) is 0 Å². The summed E-state index contributed by atoms with van der Waals surface area (Å²) in [6.45, 7) is 3.41. The van der Waals surface area contributed by atoms with Gasteiger partial charge in [-0.05, 0) is 35.9 Å². The molecule has 2 aromatic rings. The van der Waals surface area contributed by atoms with Crippen LogP contribution in [0.5, 0.6) is 5.75 Å². The number of morpholine rings is 1. The number of benzene rings is 2. The van der Waals surface area contributed by atoms with Crippen molar-refractivity contribution < 1.29 is 14.3 Å². The van der Waals surface area contributed by atoms with Gasteiger partial charge >= 0.3 is 0 Å². The number of ether oxygens (including phenoxy) is 2. The second-order valence-corrected chi connectivity index (χ2v) is 7.15. The first-order chi connectivity index (χ1) is 13.1. The quantitative estimate of drug-likeness (QED) is 0.789. The fraction of sp³-hybridized carbons (Fsp3) is 0.350. The number of nitrogens with one attached hydrogen (secondary N) is 1. The average molecular weight is 409 g/mol. The van der Waals surface area contributed by atoms with Crippen LogP contribution in [0.15, 0.2) is 42.5 Å². The van der Waals surface area contributed by atoms with Crippen LogP contribution in [-0.4, -0.2) is 50.8 Å². The Hall–Kier alpha value is -1.79. The molecule has 0 spiro atoms. The fourth-order valence-electron chi connectivity index (χ4n) is 3.20. The molecular formula is C20H22Cl2N2O3. The molecule has 5 nitrogen and oxygen atoms in total. The molecule has 1 heterocycles. The van der Waals surface area contributed by atoms with Gasteiger partial charge in [0.05, 0.1) is 31.9 Å². The summed E-state index contributed by atoms with van der Waals surface area (Å²) in [6, 6.07) is 12.7. The molecule has 0 saturated carbocycles. The van der Waals surface area contributed by atoms with E-state index in [9.17, 15) is 4.79 Å². The molecule has 1 aliphatic heterocycles. The molecule has 3 rings (SSSR count). The lowest BCUT2D eigenvalue weighted by atomic mass is 10.0. The summed E-state index contributed by atoms with van der Waals surface area (Å²) in [5.74, 6) is 0.245. The van der Waals surface area contributed by atoms with Crippen LogP contribution >= 0.6 is 23.2 Å². The Morgan fingerprint density at radius 1 is 1.19 bits per heavy atom. The summed E-state index contributed by atoms with van der Waals surface area (Å²) >= 11 is 12.2. The Bertz CT molecular complexity index is 795. The van der Waals surface area contributed by atoms with Crippen molar-refractivity contribution in [2.45, 2.75) is 6.04 Å². The minimum Gasteiger partial charge on any atom is -0.496 e. The van der Waals surface area contributed by atoms with Gasteiger partial charge in [0.2, 0.25) is 0 Å². The predicted molar refractivity (Wildman–Crippen MR) is 107 cm³/mol. The predicted octanol–water partition coefficient (Wildman–Crippen LogP) is 3.81. The van der Waals surface area contributed by atoms with Crippen LogP contribution in [0.3, 0.4) is 0 Å². The Morgan fingerprint density at radius 3 is 2.63 bits per heavy atom. The topological polar surface area (TPSA) is 50.8 Å². The number of amides is 1. The molecule has 144 valence electrons. The molecule has 1 N–H and O–H groups in total. The number of hydrogen-bond donors (Lipinski definition) is 1. The summed E-state index contributed by atoms with van der Waals surface area (Å²) in [7, 11) is 1.52. The highest BCUT2D eigenvalue weighted by Crippen LogP contribution is 2.26. The van der Waals surface area contributed by atoms with Crippen LogP contribution in [0.4, 0.5) is 0 Å². The van der Waals surface area contributed by atoms with E-state index >= 15 is 0 Å². The lowest BCUT2D eigenvalue weighted by molar-refractivity contribution is 0.0162. The molecule has 1 unspecified atom stereocenters. The molecule has 0 aromatic heterocycles. The summed E-state index contributed by atoms with van der Waals surface area (Å²) in [5.41, 5.74) is 1.52. The van der Waals surface area contributed by atoms with E-state index in [1.54, 1.807) is 18.2 Å². The molecule has 0 bridgehead atoms. The number of carbonyl (C=O) groups is 1. The standard InChI is InChI=1S/C20H22Cl2N2O3/c1-26-19-12-16(22)5-6-17(19)20(25)23-13-18(24-7-9-27-10-8-24)14-3-2-4-15(21)11-14/h2-6,11-12,18H,7-10,13H2,1H3,(H,23,25). The van der Waals surface area contributed by atoms with E-state index in [2.05, 4.69) is 10.2 Å². The summed E-state index contributed by atoms with van der Waals surface area (Å²) in [5, 5.41) is 4.22. The van der Waals surface area contributed by atoms with Crippen LogP contribution < -0.4 is 10.1 Å². The smallest absolute Gasteiger partial charge is 0.255 e. The molecular weight excluding hydrogens is 387 g/mol. The third-order valence-electron chi connectivity index (χ3n) is 4.58. The Balaban J connectivity index is 1.77. The van der Waals surface area contributed by atoms with Gasteiger partial charge in [0.15, 0.2) is 0 Å². The van der Waals surface area contributed by atoms with Gasteiger partial charge in [-0.3, -0.25) is 9.69 Å². The van der Waals surface area contributed by atoms with Gasteiger partial charge in [-0.2, -0.15) is 0 Å². The number of nitrogens with zero attached hydrogens (tertiary/aromatic N) is 1. The van der Waals surface area contributed by atoms with Gasteiger partial charge in [0.1, 0.15) is 5.75 Å². The number of hydrogen-bond acceptors (Lipinski definition) is 4. The van der Waals surface area contributed by atoms with Gasteiger partial charge < -0.3 is 14.8 Å². The first-order valence-corrected chi connectivity index (χ1v) is 9.53. The molecule has 2 aromatic carbocycles. The van der Waals surface area contributed by atoms with E-state index in [0.29, 0.717) is 41.1 Å². The van der Waals surface area contributed by atoms with Crippen molar-refractivity contribution in [3.8, 4) is 5.75 Å². The van der Waals surface area contributed by atoms with Crippen LogP contribution in [0, 0.1) is 0 Å². The van der Waals surface area contributed by atoms with Crippen molar-refractivity contribution in [3.05, 3.63) is 63.6 Å². The fourth-order valence-corrected chi connectivity index (χ4v) is 3.56. The van der Waals surface area contributed by atoms with Crippen LogP contribution in [-0.2, 0) is 4.74 Å². The minimum absolute atomic E-state index is 0.00912. The summed E-state index contributed by atoms with van der Waals surface area (Å²) in [6.07, 6.45) is 0. The molecule has 1 aliphatic rings. The van der Waals surface area contributed by atoms with Crippen LogP contribution in [0.1, 0.15) is 22.0 Å². The van der Waals surface area contributed by atoms with Crippen molar-refractivity contribution in [2.75, 3.05) is 40.0 Å². The second kappa shape index (κ2) is 9.42. The first-order valence-electron chi connectivity index (χ1n) is 8.77. The van der Waals surface area contributed by atoms with E-state index in [1.165, 1.54) is 7.11 Å². The number of rotatable bonds is 6. The van der Waals surface area contributed by atoms with E-state index in [-0.39, 0.29) is 11.9 Å². The molecule has 0 radical (unpaired) electrons. The first kappa shape index (κ1) is 20.0. The molecule has 1 fully saturated rings. The molecule has 0 aliphatic carbocycles. The summed E-state index contributed by atoms with van der Waals surface area (Å²) < 4.78 is 10.7. The molecule has 1 atom stereocenters. The monoisotopic (exact) mass is 408 g/mol. The second-order valence-electron chi connectivity index (χ2n) is 6.27. The van der Waals surface area contributed by atoms with Crippen molar-refractivity contribution >= 4 is 29.1 Å². The number of carbonyl (C=O) groups excluding carboxylic acids is 1. The summed E-state index contributed by atoms with van der Waals surface area (Å²) in [4.78, 5) is 15.0. The zero-order valence-electron chi connectivity index (χ0n) is 15.1. The maximum atomic E-state index is 12.7. The lowest BCUT2D eigenvalue weighted by Crippen LogP contribution is -2.43. The van der Waals surface area contributed by atoms with Gasteiger partial charge in [-0.25, -0.2) is 0 Å². The Kier molecular flexibility index (Phi) is 6.96. The van der Waals surface area contributed by atoms with E-state index < -0.39 is 0 Å². The highest BCUT2D eigenvalue weighted by molar-refractivity contribution is 6.31. The maximum Gasteiger partial charge on any atom is 0.255 e. The molecule has 7 heteroatoms. The largest absolute Gasteiger partial charge is 0.496 e. The van der Waals surface area contributed by atoms with Gasteiger partial charge in [0, 0.05) is 29.7 Å². The van der Waals surface area contributed by atoms with E-state index in [4.69, 9.17) is 32.7 Å². The Morgan fingerprint density at radius 2 is 1.93 bits per heavy atom. The van der Waals surface area contributed by atoms with Crippen molar-refractivity contribution in [2.24, 2.45) is 0 Å². The van der Waals surface area contributed by atoms with E-state index in [1.807, 2.05) is 24.3 Å². The average Bonchev–Trinajstić information content (AvgIpc) is 2.68. The van der Waals surface area contributed by atoms with Gasteiger partial charge in [0.25, 0.3) is 5.91 Å². The van der Waals surface area contributed by atoms with Crippen LogP contribution in [0.2, 0.25) is 10.0 Å². The van der Waals surface area contributed by atoms with Crippen LogP contribution in [0.25, 0.3) is 0 Å². The maximum absolute atomic E-state index is 12.7. The van der Waals surface area contributed by atoms with Gasteiger partial charge in [-0.1, -0.05) is 35.3 Å². The van der Waals surface area contributed by atoms with Crippen molar-refractivity contribution in [1.82, 2.24) is 10.2 Å². The number of methoxy groups -OCH3 is 1.